The Balaban J connectivity index is 1.64. The first-order chi connectivity index (χ1) is 11.1. The minimum Gasteiger partial charge on any atom is -0.348 e. The number of carbonyl (C=O) groups excluding carboxylic acids is 1. The van der Waals surface area contributed by atoms with Crippen LogP contribution in [-0.4, -0.2) is 15.5 Å². The van der Waals surface area contributed by atoms with Crippen LogP contribution in [0.1, 0.15) is 21.7 Å². The van der Waals surface area contributed by atoms with E-state index in [2.05, 4.69) is 32.9 Å². The van der Waals surface area contributed by atoms with E-state index in [0.717, 1.165) is 20.6 Å². The monoisotopic (exact) mass is 417 g/mol. The van der Waals surface area contributed by atoms with Gasteiger partial charge in [-0.15, -0.1) is 0 Å². The van der Waals surface area contributed by atoms with Crippen molar-refractivity contribution in [1.82, 2.24) is 14.9 Å². The molecule has 0 aliphatic carbocycles. The number of hydrogen-bond donors (Lipinski definition) is 1. The maximum Gasteiger partial charge on any atom is 0.251 e. The summed E-state index contributed by atoms with van der Waals surface area (Å²) in [6.45, 7) is 2.48. The van der Waals surface area contributed by atoms with Crippen molar-refractivity contribution in [1.29, 1.82) is 0 Å². The van der Waals surface area contributed by atoms with Crippen LogP contribution in [0.3, 0.4) is 0 Å². The number of nitrogens with one attached hydrogen (secondary N) is 1. The average Bonchev–Trinajstić information content (AvgIpc) is 3.00. The summed E-state index contributed by atoms with van der Waals surface area (Å²) in [6, 6.07) is 15.6. The van der Waals surface area contributed by atoms with Crippen molar-refractivity contribution in [2.75, 3.05) is 0 Å². The van der Waals surface area contributed by atoms with Gasteiger partial charge in [-0.3, -0.25) is 4.79 Å². The number of carbonyl (C=O) groups is 1. The van der Waals surface area contributed by atoms with E-state index in [4.69, 9.17) is 0 Å². The van der Waals surface area contributed by atoms with Crippen LogP contribution in [0.4, 0.5) is 0 Å². The van der Waals surface area contributed by atoms with E-state index in [9.17, 15) is 4.79 Å². The van der Waals surface area contributed by atoms with Crippen LogP contribution >= 0.6 is 22.6 Å². The molecule has 23 heavy (non-hydrogen) atoms. The molecule has 0 radical (unpaired) electrons. The van der Waals surface area contributed by atoms with Crippen molar-refractivity contribution in [3.8, 4) is 5.69 Å². The Morgan fingerprint density at radius 3 is 2.43 bits per heavy atom. The van der Waals surface area contributed by atoms with Crippen molar-refractivity contribution in [3.63, 3.8) is 0 Å². The van der Waals surface area contributed by atoms with E-state index in [1.165, 1.54) is 0 Å². The fraction of sp³-hybridized carbons (Fsp3) is 0.111. The standard InChI is InChI=1S/C18H16IN3O/c1-13-20-10-11-22(13)17-8-2-14(3-9-17)12-21-18(23)15-4-6-16(19)7-5-15/h2-11H,12H2,1H3,(H,21,23). The maximum atomic E-state index is 12.1. The molecular formula is C18H16IN3O. The molecule has 0 spiro atoms. The summed E-state index contributed by atoms with van der Waals surface area (Å²) in [5, 5.41) is 2.94. The summed E-state index contributed by atoms with van der Waals surface area (Å²) >= 11 is 2.22. The third-order valence-electron chi connectivity index (χ3n) is 3.60. The number of rotatable bonds is 4. The van der Waals surface area contributed by atoms with E-state index in [0.29, 0.717) is 12.1 Å². The van der Waals surface area contributed by atoms with Gasteiger partial charge in [0.15, 0.2) is 0 Å². The molecule has 0 unspecified atom stereocenters. The van der Waals surface area contributed by atoms with Gasteiger partial charge >= 0.3 is 0 Å². The molecule has 0 atom stereocenters. The predicted octanol–water partition coefficient (Wildman–Crippen LogP) is 3.72. The Bertz CT molecular complexity index is 807. The molecule has 3 aromatic rings. The van der Waals surface area contributed by atoms with Crippen molar-refractivity contribution in [2.45, 2.75) is 13.5 Å². The molecule has 0 bridgehead atoms. The van der Waals surface area contributed by atoms with E-state index in [1.54, 1.807) is 6.20 Å². The van der Waals surface area contributed by atoms with Crippen molar-refractivity contribution in [3.05, 3.63) is 81.4 Å². The van der Waals surface area contributed by atoms with Gasteiger partial charge in [-0.1, -0.05) is 12.1 Å². The van der Waals surface area contributed by atoms with Crippen LogP contribution in [0, 0.1) is 10.5 Å². The maximum absolute atomic E-state index is 12.1. The first kappa shape index (κ1) is 15.7. The number of hydrogen-bond acceptors (Lipinski definition) is 2. The quantitative estimate of drug-likeness (QED) is 0.658. The van der Waals surface area contributed by atoms with Gasteiger partial charge in [0.1, 0.15) is 5.82 Å². The second-order valence-electron chi connectivity index (χ2n) is 5.20. The molecule has 116 valence electrons. The smallest absolute Gasteiger partial charge is 0.251 e. The molecule has 4 nitrogen and oxygen atoms in total. The van der Waals surface area contributed by atoms with E-state index >= 15 is 0 Å². The molecule has 0 saturated carbocycles. The second kappa shape index (κ2) is 6.95. The highest BCUT2D eigenvalue weighted by Crippen LogP contribution is 2.12. The lowest BCUT2D eigenvalue weighted by atomic mass is 10.2. The van der Waals surface area contributed by atoms with Crippen LogP contribution in [0.2, 0.25) is 0 Å². The summed E-state index contributed by atoms with van der Waals surface area (Å²) in [6.07, 6.45) is 3.72. The molecule has 1 amide bonds. The number of nitrogens with zero attached hydrogens (tertiary/aromatic N) is 2. The molecule has 1 N–H and O–H groups in total. The zero-order chi connectivity index (χ0) is 16.2. The Hall–Kier alpha value is -2.15. The molecular weight excluding hydrogens is 401 g/mol. The van der Waals surface area contributed by atoms with Crippen molar-refractivity contribution < 1.29 is 4.79 Å². The zero-order valence-electron chi connectivity index (χ0n) is 12.7. The third kappa shape index (κ3) is 3.79. The summed E-state index contributed by atoms with van der Waals surface area (Å²) in [5.74, 6) is 0.890. The van der Waals surface area contributed by atoms with Gasteiger partial charge in [0, 0.05) is 33.8 Å². The average molecular weight is 417 g/mol. The molecule has 1 heterocycles. The highest BCUT2D eigenvalue weighted by Gasteiger charge is 2.05. The predicted molar refractivity (Wildman–Crippen MR) is 98.6 cm³/mol. The molecule has 0 aliphatic heterocycles. The lowest BCUT2D eigenvalue weighted by Gasteiger charge is -2.08. The lowest BCUT2D eigenvalue weighted by molar-refractivity contribution is 0.0951. The minimum absolute atomic E-state index is 0.0593. The Labute approximate surface area is 148 Å². The normalized spacial score (nSPS) is 10.5. The Kier molecular flexibility index (Phi) is 4.76. The van der Waals surface area contributed by atoms with Gasteiger partial charge in [0.2, 0.25) is 0 Å². The van der Waals surface area contributed by atoms with Crippen LogP contribution in [0.5, 0.6) is 0 Å². The largest absolute Gasteiger partial charge is 0.348 e. The molecule has 3 rings (SSSR count). The fourth-order valence-corrected chi connectivity index (χ4v) is 2.67. The highest BCUT2D eigenvalue weighted by molar-refractivity contribution is 14.1. The Morgan fingerprint density at radius 1 is 1.13 bits per heavy atom. The number of aromatic nitrogens is 2. The SMILES string of the molecule is Cc1nccn1-c1ccc(CNC(=O)c2ccc(I)cc2)cc1. The highest BCUT2D eigenvalue weighted by atomic mass is 127. The van der Waals surface area contributed by atoms with Crippen molar-refractivity contribution in [2.24, 2.45) is 0 Å². The lowest BCUT2D eigenvalue weighted by Crippen LogP contribution is -2.22. The van der Waals surface area contributed by atoms with Crippen molar-refractivity contribution >= 4 is 28.5 Å². The van der Waals surface area contributed by atoms with E-state index in [-0.39, 0.29) is 5.91 Å². The third-order valence-corrected chi connectivity index (χ3v) is 4.32. The fourth-order valence-electron chi connectivity index (χ4n) is 2.31. The van der Waals surface area contributed by atoms with Gasteiger partial charge in [-0.25, -0.2) is 4.98 Å². The summed E-state index contributed by atoms with van der Waals surface area (Å²) in [7, 11) is 0. The first-order valence-corrected chi connectivity index (χ1v) is 8.34. The molecule has 0 saturated heterocycles. The zero-order valence-corrected chi connectivity index (χ0v) is 14.8. The molecule has 0 aliphatic rings. The van der Waals surface area contributed by atoms with Crippen LogP contribution in [0.25, 0.3) is 5.69 Å². The molecule has 0 fully saturated rings. The minimum atomic E-state index is -0.0593. The second-order valence-corrected chi connectivity index (χ2v) is 6.45. The van der Waals surface area contributed by atoms with Gasteiger partial charge in [-0.05, 0) is 71.5 Å². The number of benzene rings is 2. The Morgan fingerprint density at radius 2 is 1.83 bits per heavy atom. The first-order valence-electron chi connectivity index (χ1n) is 7.26. The van der Waals surface area contributed by atoms with Crippen LogP contribution in [-0.2, 0) is 6.54 Å². The van der Waals surface area contributed by atoms with Gasteiger partial charge in [0.05, 0.1) is 0 Å². The van der Waals surface area contributed by atoms with Crippen LogP contribution < -0.4 is 5.32 Å². The van der Waals surface area contributed by atoms with Gasteiger partial charge in [0.25, 0.3) is 5.91 Å². The number of aryl methyl sites for hydroxylation is 1. The van der Waals surface area contributed by atoms with E-state index < -0.39 is 0 Å². The summed E-state index contributed by atoms with van der Waals surface area (Å²) in [5.41, 5.74) is 2.80. The molecule has 5 heteroatoms. The van der Waals surface area contributed by atoms with Crippen LogP contribution in [0.15, 0.2) is 60.9 Å². The summed E-state index contributed by atoms with van der Waals surface area (Å²) < 4.78 is 3.14. The number of amides is 1. The van der Waals surface area contributed by atoms with E-state index in [1.807, 2.05) is 66.2 Å². The number of imidazole rings is 1. The topological polar surface area (TPSA) is 46.9 Å². The molecule has 2 aromatic carbocycles. The number of halogens is 1. The summed E-state index contributed by atoms with van der Waals surface area (Å²) in [4.78, 5) is 16.3. The van der Waals surface area contributed by atoms with Gasteiger partial charge in [-0.2, -0.15) is 0 Å². The van der Waals surface area contributed by atoms with Gasteiger partial charge < -0.3 is 9.88 Å². The molecule has 1 aromatic heterocycles.